The zero-order valence-corrected chi connectivity index (χ0v) is 17.0. The van der Waals surface area contributed by atoms with E-state index in [1.165, 1.54) is 12.1 Å². The third kappa shape index (κ3) is 3.39. The van der Waals surface area contributed by atoms with Crippen LogP contribution >= 0.6 is 0 Å². The quantitative estimate of drug-likeness (QED) is 0.501. The molecule has 1 amide bonds. The number of fused-ring (bicyclic) bond motifs is 1. The van der Waals surface area contributed by atoms with Crippen LogP contribution < -0.4 is 10.6 Å². The van der Waals surface area contributed by atoms with Crippen LogP contribution in [0.1, 0.15) is 13.3 Å². The number of carbonyl (C=O) groups is 1. The molecule has 4 rings (SSSR count). The van der Waals surface area contributed by atoms with E-state index in [-0.39, 0.29) is 11.7 Å². The molecule has 0 atom stereocenters. The Kier molecular flexibility index (Phi) is 5.18. The van der Waals surface area contributed by atoms with Gasteiger partial charge in [-0.3, -0.25) is 9.78 Å². The smallest absolute Gasteiger partial charge is 0.225 e. The normalized spacial score (nSPS) is 10.9. The molecule has 0 radical (unpaired) electrons. The molecule has 2 N–H and O–H groups in total. The van der Waals surface area contributed by atoms with E-state index < -0.39 is 0 Å². The Labute approximate surface area is 173 Å². The standard InChI is InChI=1S/C23H22FN5O/c1-4-19(30)27-22-18(25-2)13-17-20(14-9-11-26-12-10-14)21(29(3)23(17)28-22)15-5-7-16(24)8-6-15/h5-13,25H,4H2,1-3H3,(H,27,28,30). The number of carbonyl (C=O) groups excluding carboxylic acids is 1. The lowest BCUT2D eigenvalue weighted by Crippen LogP contribution is -2.13. The first kappa shape index (κ1) is 19.6. The lowest BCUT2D eigenvalue weighted by atomic mass is 9.99. The van der Waals surface area contributed by atoms with Crippen molar-refractivity contribution in [3.05, 3.63) is 60.7 Å². The Balaban J connectivity index is 2.05. The first-order valence-corrected chi connectivity index (χ1v) is 9.70. The van der Waals surface area contributed by atoms with Gasteiger partial charge in [0.05, 0.1) is 11.4 Å². The number of nitrogens with one attached hydrogen (secondary N) is 2. The molecule has 0 aliphatic carbocycles. The van der Waals surface area contributed by atoms with Crippen molar-refractivity contribution >= 4 is 28.4 Å². The summed E-state index contributed by atoms with van der Waals surface area (Å²) in [6.07, 6.45) is 3.84. The predicted molar refractivity (Wildman–Crippen MR) is 118 cm³/mol. The summed E-state index contributed by atoms with van der Waals surface area (Å²) in [7, 11) is 3.71. The largest absolute Gasteiger partial charge is 0.385 e. The van der Waals surface area contributed by atoms with Gasteiger partial charge in [-0.1, -0.05) is 6.92 Å². The summed E-state index contributed by atoms with van der Waals surface area (Å²) < 4.78 is 15.5. The highest BCUT2D eigenvalue weighted by Gasteiger charge is 2.21. The number of hydrogen-bond acceptors (Lipinski definition) is 4. The number of aryl methyl sites for hydroxylation is 1. The van der Waals surface area contributed by atoms with Crippen molar-refractivity contribution in [1.29, 1.82) is 0 Å². The highest BCUT2D eigenvalue weighted by atomic mass is 19.1. The molecular formula is C23H22FN5O. The molecule has 4 aromatic rings. The zero-order valence-electron chi connectivity index (χ0n) is 17.0. The van der Waals surface area contributed by atoms with Crippen LogP contribution in [0, 0.1) is 5.82 Å². The van der Waals surface area contributed by atoms with Crippen molar-refractivity contribution in [2.45, 2.75) is 13.3 Å². The highest BCUT2D eigenvalue weighted by molar-refractivity contribution is 6.06. The molecule has 30 heavy (non-hydrogen) atoms. The summed E-state index contributed by atoms with van der Waals surface area (Å²) in [6, 6.07) is 12.3. The zero-order chi connectivity index (χ0) is 21.3. The van der Waals surface area contributed by atoms with Crippen molar-refractivity contribution in [2.24, 2.45) is 7.05 Å². The van der Waals surface area contributed by atoms with Crippen LogP contribution in [0.4, 0.5) is 15.9 Å². The summed E-state index contributed by atoms with van der Waals surface area (Å²) in [5, 5.41) is 6.90. The minimum Gasteiger partial charge on any atom is -0.385 e. The topological polar surface area (TPSA) is 71.8 Å². The molecule has 6 nitrogen and oxygen atoms in total. The summed E-state index contributed by atoms with van der Waals surface area (Å²) >= 11 is 0. The number of halogens is 1. The van der Waals surface area contributed by atoms with Gasteiger partial charge in [0.25, 0.3) is 0 Å². The second-order valence-electron chi connectivity index (χ2n) is 6.93. The Morgan fingerprint density at radius 1 is 1.10 bits per heavy atom. The second kappa shape index (κ2) is 7.94. The molecule has 0 bridgehead atoms. The minimum absolute atomic E-state index is 0.110. The van der Waals surface area contributed by atoms with Crippen LogP contribution in [0.15, 0.2) is 54.9 Å². The fraction of sp³-hybridized carbons (Fsp3) is 0.174. The van der Waals surface area contributed by atoms with Crippen LogP contribution in [-0.2, 0) is 11.8 Å². The van der Waals surface area contributed by atoms with Gasteiger partial charge in [-0.25, -0.2) is 9.37 Å². The molecule has 1 aromatic carbocycles. The maximum absolute atomic E-state index is 13.6. The van der Waals surface area contributed by atoms with Crippen molar-refractivity contribution in [3.63, 3.8) is 0 Å². The van der Waals surface area contributed by atoms with Gasteiger partial charge in [-0.15, -0.1) is 0 Å². The van der Waals surface area contributed by atoms with Crippen LogP contribution in [0.2, 0.25) is 0 Å². The number of anilines is 2. The number of aromatic nitrogens is 3. The van der Waals surface area contributed by atoms with Crippen molar-refractivity contribution < 1.29 is 9.18 Å². The predicted octanol–water partition coefficient (Wildman–Crippen LogP) is 4.83. The molecule has 3 aromatic heterocycles. The summed E-state index contributed by atoms with van der Waals surface area (Å²) in [5.74, 6) is 0.0770. The average Bonchev–Trinajstić information content (AvgIpc) is 3.05. The summed E-state index contributed by atoms with van der Waals surface area (Å²) in [6.45, 7) is 1.80. The number of pyridine rings is 2. The number of hydrogen-bond donors (Lipinski definition) is 2. The monoisotopic (exact) mass is 403 g/mol. The molecule has 3 heterocycles. The maximum Gasteiger partial charge on any atom is 0.225 e. The number of amides is 1. The van der Waals surface area contributed by atoms with Crippen molar-refractivity contribution in [3.8, 4) is 22.4 Å². The molecule has 152 valence electrons. The van der Waals surface area contributed by atoms with Gasteiger partial charge in [-0.05, 0) is 53.6 Å². The molecule has 0 spiro atoms. The Morgan fingerprint density at radius 2 is 1.80 bits per heavy atom. The van der Waals surface area contributed by atoms with Crippen molar-refractivity contribution in [2.75, 3.05) is 17.7 Å². The average molecular weight is 403 g/mol. The lowest BCUT2D eigenvalue weighted by Gasteiger charge is -2.10. The van der Waals surface area contributed by atoms with E-state index in [2.05, 4.69) is 15.6 Å². The first-order valence-electron chi connectivity index (χ1n) is 9.70. The first-order chi connectivity index (χ1) is 14.5. The van der Waals surface area contributed by atoms with Crippen LogP contribution in [-0.4, -0.2) is 27.5 Å². The van der Waals surface area contributed by atoms with Gasteiger partial charge < -0.3 is 15.2 Å². The van der Waals surface area contributed by atoms with Crippen molar-refractivity contribution in [1.82, 2.24) is 14.5 Å². The minimum atomic E-state index is -0.289. The fourth-order valence-corrected chi connectivity index (χ4v) is 3.61. The fourth-order valence-electron chi connectivity index (χ4n) is 3.61. The Morgan fingerprint density at radius 3 is 2.43 bits per heavy atom. The van der Waals surface area contributed by atoms with E-state index in [9.17, 15) is 9.18 Å². The van der Waals surface area contributed by atoms with Gasteiger partial charge >= 0.3 is 0 Å². The third-order valence-electron chi connectivity index (χ3n) is 5.10. The number of nitrogens with zero attached hydrogens (tertiary/aromatic N) is 3. The maximum atomic E-state index is 13.6. The number of rotatable bonds is 5. The molecule has 0 aliphatic heterocycles. The van der Waals surface area contributed by atoms with E-state index in [1.54, 1.807) is 38.5 Å². The molecular weight excluding hydrogens is 381 g/mol. The SMILES string of the molecule is CCC(=O)Nc1nc2c(cc1NC)c(-c1ccncc1)c(-c1ccc(F)cc1)n2C. The van der Waals surface area contributed by atoms with E-state index in [0.717, 1.165) is 33.5 Å². The van der Waals surface area contributed by atoms with Crippen LogP contribution in [0.25, 0.3) is 33.4 Å². The second-order valence-corrected chi connectivity index (χ2v) is 6.93. The van der Waals surface area contributed by atoms with E-state index in [0.29, 0.717) is 17.9 Å². The van der Waals surface area contributed by atoms with E-state index in [1.807, 2.05) is 29.8 Å². The van der Waals surface area contributed by atoms with Gasteiger partial charge in [0, 0.05) is 43.9 Å². The molecule has 0 unspecified atom stereocenters. The summed E-state index contributed by atoms with van der Waals surface area (Å²) in [4.78, 5) is 20.9. The van der Waals surface area contributed by atoms with Gasteiger partial charge in [0.1, 0.15) is 11.5 Å². The van der Waals surface area contributed by atoms with E-state index in [4.69, 9.17) is 4.98 Å². The lowest BCUT2D eigenvalue weighted by molar-refractivity contribution is -0.115. The molecule has 0 saturated heterocycles. The van der Waals surface area contributed by atoms with Crippen LogP contribution in [0.3, 0.4) is 0 Å². The van der Waals surface area contributed by atoms with Gasteiger partial charge in [0.2, 0.25) is 5.91 Å². The van der Waals surface area contributed by atoms with Gasteiger partial charge in [0.15, 0.2) is 5.82 Å². The third-order valence-corrected chi connectivity index (χ3v) is 5.10. The Hall–Kier alpha value is -3.74. The Bertz CT molecular complexity index is 1220. The summed E-state index contributed by atoms with van der Waals surface area (Å²) in [5.41, 5.74) is 5.16. The molecule has 0 aliphatic rings. The molecule has 7 heteroatoms. The number of benzene rings is 1. The highest BCUT2D eigenvalue weighted by Crippen LogP contribution is 2.41. The van der Waals surface area contributed by atoms with Crippen LogP contribution in [0.5, 0.6) is 0 Å². The molecule has 0 fully saturated rings. The molecule has 0 saturated carbocycles. The van der Waals surface area contributed by atoms with Gasteiger partial charge in [-0.2, -0.15) is 0 Å². The van der Waals surface area contributed by atoms with E-state index >= 15 is 0 Å².